The van der Waals surface area contributed by atoms with Crippen molar-refractivity contribution in [2.24, 2.45) is 0 Å². The number of hydrogen-bond acceptors (Lipinski definition) is 10. The third kappa shape index (κ3) is 7.41. The molecule has 0 radical (unpaired) electrons. The maximum Gasteiger partial charge on any atom is 0.407 e. The molecule has 1 heterocycles. The third-order valence-electron chi connectivity index (χ3n) is 4.52. The van der Waals surface area contributed by atoms with Crippen molar-refractivity contribution in [1.29, 1.82) is 0 Å². The predicted molar refractivity (Wildman–Crippen MR) is 110 cm³/mol. The van der Waals surface area contributed by atoms with E-state index in [4.69, 9.17) is 18.9 Å². The summed E-state index contributed by atoms with van der Waals surface area (Å²) in [5, 5.41) is 35.0. The average Bonchev–Trinajstić information content (AvgIpc) is 2.70. The van der Waals surface area contributed by atoms with Crippen LogP contribution >= 0.6 is 0 Å². The number of aliphatic hydroxyl groups is 3. The molecule has 1 rings (SSSR count). The van der Waals surface area contributed by atoms with Gasteiger partial charge in [0.15, 0.2) is 0 Å². The smallest absolute Gasteiger partial charge is 0.407 e. The molecule has 12 heteroatoms. The van der Waals surface area contributed by atoms with Gasteiger partial charge < -0.3 is 44.9 Å². The molecule has 0 aromatic carbocycles. The van der Waals surface area contributed by atoms with Crippen molar-refractivity contribution >= 4 is 18.0 Å². The Balaban J connectivity index is 3.47. The van der Waals surface area contributed by atoms with Crippen molar-refractivity contribution in [1.82, 2.24) is 10.6 Å². The summed E-state index contributed by atoms with van der Waals surface area (Å²) in [6.07, 6.45) is -4.83. The number of hydrogen-bond donors (Lipinski definition) is 5. The summed E-state index contributed by atoms with van der Waals surface area (Å²) in [5.74, 6) is -3.64. The van der Waals surface area contributed by atoms with E-state index in [2.05, 4.69) is 17.2 Å². The summed E-state index contributed by atoms with van der Waals surface area (Å²) >= 11 is 0. The van der Waals surface area contributed by atoms with Crippen LogP contribution in [0, 0.1) is 0 Å². The van der Waals surface area contributed by atoms with Gasteiger partial charge in [0.2, 0.25) is 5.91 Å². The summed E-state index contributed by atoms with van der Waals surface area (Å²) in [6, 6.07) is -2.21. The van der Waals surface area contributed by atoms with Crippen LogP contribution in [-0.2, 0) is 28.5 Å². The molecule has 1 aliphatic heterocycles. The lowest BCUT2D eigenvalue weighted by molar-refractivity contribution is -0.299. The van der Waals surface area contributed by atoms with E-state index in [1.165, 1.54) is 13.0 Å². The van der Waals surface area contributed by atoms with Gasteiger partial charge >= 0.3 is 12.1 Å². The van der Waals surface area contributed by atoms with Crippen molar-refractivity contribution in [2.75, 3.05) is 20.3 Å². The molecule has 0 bridgehead atoms. The Kier molecular flexibility index (Phi) is 10.0. The number of amides is 2. The van der Waals surface area contributed by atoms with Crippen molar-refractivity contribution in [3.8, 4) is 0 Å². The van der Waals surface area contributed by atoms with Gasteiger partial charge in [-0.3, -0.25) is 4.79 Å². The van der Waals surface area contributed by atoms with E-state index >= 15 is 0 Å². The molecule has 0 aromatic rings. The molecule has 12 nitrogen and oxygen atoms in total. The molecule has 184 valence electrons. The molecule has 0 saturated carbocycles. The van der Waals surface area contributed by atoms with Gasteiger partial charge in [-0.2, -0.15) is 0 Å². The van der Waals surface area contributed by atoms with Crippen molar-refractivity contribution in [3.05, 3.63) is 12.7 Å². The molecular formula is C20H34N2O10. The molecule has 5 N–H and O–H groups in total. The van der Waals surface area contributed by atoms with E-state index in [1.54, 1.807) is 20.8 Å². The first-order chi connectivity index (χ1) is 14.8. The lowest BCUT2D eigenvalue weighted by Crippen LogP contribution is -2.71. The maximum absolute atomic E-state index is 12.7. The molecule has 1 aliphatic rings. The largest absolute Gasteiger partial charge is 0.465 e. The maximum atomic E-state index is 12.7. The fourth-order valence-electron chi connectivity index (χ4n) is 3.25. The average molecular weight is 462 g/mol. The highest BCUT2D eigenvalue weighted by molar-refractivity contribution is 5.79. The minimum absolute atomic E-state index is 0.162. The van der Waals surface area contributed by atoms with Crippen molar-refractivity contribution < 1.29 is 48.7 Å². The highest BCUT2D eigenvalue weighted by Gasteiger charge is 2.57. The molecule has 1 unspecified atom stereocenters. The molecule has 1 fully saturated rings. The minimum atomic E-state index is -2.13. The van der Waals surface area contributed by atoms with Gasteiger partial charge in [-0.1, -0.05) is 6.08 Å². The van der Waals surface area contributed by atoms with Gasteiger partial charge in [0.25, 0.3) is 5.79 Å². The first kappa shape index (κ1) is 27.8. The van der Waals surface area contributed by atoms with E-state index in [0.29, 0.717) is 0 Å². The second kappa shape index (κ2) is 11.6. The minimum Gasteiger partial charge on any atom is -0.465 e. The van der Waals surface area contributed by atoms with E-state index in [9.17, 15) is 29.7 Å². The molecule has 0 aromatic heterocycles. The van der Waals surface area contributed by atoms with E-state index in [1.807, 2.05) is 0 Å². The van der Waals surface area contributed by atoms with Crippen molar-refractivity contribution in [2.45, 2.75) is 75.9 Å². The second-order valence-corrected chi connectivity index (χ2v) is 8.35. The van der Waals surface area contributed by atoms with Crippen LogP contribution in [0.3, 0.4) is 0 Å². The zero-order valence-electron chi connectivity index (χ0n) is 19.0. The normalized spacial score (nSPS) is 27.6. The third-order valence-corrected chi connectivity index (χ3v) is 4.52. The standard InChI is InChI=1S/C20H34N2O10/c1-7-8-30-20(17(27)29-6)9-12(22-18(28)32-19(3,4)5)14(21-11(2)24)16(31-20)15(26)13(25)10-23/h7,12-16,23,25-26H,1,8-10H2,2-6H3,(H,21,24)(H,22,28)/t12-,13-,14-,15-,16?,20-/m1/s1. The Morgan fingerprint density at radius 2 is 1.91 bits per heavy atom. The summed E-state index contributed by atoms with van der Waals surface area (Å²) in [5.41, 5.74) is -0.844. The van der Waals surface area contributed by atoms with E-state index < -0.39 is 66.4 Å². The zero-order chi connectivity index (χ0) is 24.7. The molecular weight excluding hydrogens is 428 g/mol. The second-order valence-electron chi connectivity index (χ2n) is 8.35. The van der Waals surface area contributed by atoms with Crippen LogP contribution in [0.25, 0.3) is 0 Å². The molecule has 6 atom stereocenters. The first-order valence-corrected chi connectivity index (χ1v) is 10.0. The van der Waals surface area contributed by atoms with Crippen LogP contribution in [0.1, 0.15) is 34.1 Å². The Labute approximate surface area is 186 Å². The number of esters is 1. The summed E-state index contributed by atoms with van der Waals surface area (Å²) in [4.78, 5) is 37.0. The van der Waals surface area contributed by atoms with Gasteiger partial charge in [0, 0.05) is 13.3 Å². The Morgan fingerprint density at radius 3 is 2.38 bits per heavy atom. The molecule has 2 amide bonds. The summed E-state index contributed by atoms with van der Waals surface area (Å²) < 4.78 is 21.4. The Bertz CT molecular complexity index is 680. The van der Waals surface area contributed by atoms with Gasteiger partial charge in [-0.05, 0) is 20.8 Å². The predicted octanol–water partition coefficient (Wildman–Crippen LogP) is -1.04. The number of carbonyl (C=O) groups excluding carboxylic acids is 3. The molecule has 0 aliphatic carbocycles. The lowest BCUT2D eigenvalue weighted by atomic mass is 9.86. The highest BCUT2D eigenvalue weighted by atomic mass is 16.7. The van der Waals surface area contributed by atoms with Gasteiger partial charge in [0.1, 0.15) is 23.9 Å². The highest BCUT2D eigenvalue weighted by Crippen LogP contribution is 2.34. The van der Waals surface area contributed by atoms with Crippen LogP contribution in [0.2, 0.25) is 0 Å². The van der Waals surface area contributed by atoms with Crippen LogP contribution in [0.5, 0.6) is 0 Å². The van der Waals surface area contributed by atoms with Gasteiger partial charge in [0.05, 0.1) is 32.4 Å². The lowest BCUT2D eigenvalue weighted by Gasteiger charge is -2.48. The molecule has 32 heavy (non-hydrogen) atoms. The Morgan fingerprint density at radius 1 is 1.28 bits per heavy atom. The number of aliphatic hydroxyl groups excluding tert-OH is 3. The number of nitrogens with one attached hydrogen (secondary N) is 2. The Hall–Kier alpha value is -2.25. The van der Waals surface area contributed by atoms with Crippen molar-refractivity contribution in [3.63, 3.8) is 0 Å². The quantitative estimate of drug-likeness (QED) is 0.210. The van der Waals surface area contributed by atoms with Crippen LogP contribution in [0.15, 0.2) is 12.7 Å². The SMILES string of the molecule is C=CCO[C@]1(C(=O)OC)C[C@@H](NC(=O)OC(C)(C)C)[C@@H](NC(C)=O)C([C@H](O)[C@H](O)CO)O1. The van der Waals surface area contributed by atoms with E-state index in [-0.39, 0.29) is 13.0 Å². The molecule has 0 spiro atoms. The zero-order valence-corrected chi connectivity index (χ0v) is 19.0. The first-order valence-electron chi connectivity index (χ1n) is 10.0. The number of ether oxygens (including phenoxy) is 4. The fourth-order valence-corrected chi connectivity index (χ4v) is 3.25. The van der Waals surface area contributed by atoms with Crippen LogP contribution in [0.4, 0.5) is 4.79 Å². The number of rotatable bonds is 9. The van der Waals surface area contributed by atoms with Crippen LogP contribution < -0.4 is 10.6 Å². The van der Waals surface area contributed by atoms with Gasteiger partial charge in [-0.25, -0.2) is 9.59 Å². The van der Waals surface area contributed by atoms with Gasteiger partial charge in [-0.15, -0.1) is 6.58 Å². The molecule has 1 saturated heterocycles. The fraction of sp³-hybridized carbons (Fsp3) is 0.750. The summed E-state index contributed by atoms with van der Waals surface area (Å²) in [7, 11) is 1.09. The summed E-state index contributed by atoms with van der Waals surface area (Å²) in [6.45, 7) is 8.67. The van der Waals surface area contributed by atoms with E-state index in [0.717, 1.165) is 7.11 Å². The van der Waals surface area contributed by atoms with Crippen LogP contribution in [-0.4, -0.2) is 95.4 Å². The number of carbonyl (C=O) groups is 3. The number of alkyl carbamates (subject to hydrolysis) is 1. The topological polar surface area (TPSA) is 173 Å². The monoisotopic (exact) mass is 462 g/mol. The number of methoxy groups -OCH3 is 1.